The zero-order chi connectivity index (χ0) is 17.7. The minimum atomic E-state index is -0.558. The predicted molar refractivity (Wildman–Crippen MR) is 90.7 cm³/mol. The quantitative estimate of drug-likeness (QED) is 0.480. The second-order valence-corrected chi connectivity index (χ2v) is 5.52. The van der Waals surface area contributed by atoms with E-state index in [1.807, 2.05) is 0 Å². The molecule has 0 atom stereocenters. The Bertz CT molecular complexity index is 824. The van der Waals surface area contributed by atoms with Crippen molar-refractivity contribution in [1.82, 2.24) is 5.43 Å². The van der Waals surface area contributed by atoms with E-state index >= 15 is 0 Å². The molecule has 24 heavy (non-hydrogen) atoms. The molecular weight excluding hydrogens is 357 g/mol. The van der Waals surface area contributed by atoms with E-state index < -0.39 is 10.8 Å². The van der Waals surface area contributed by atoms with Crippen LogP contribution >= 0.6 is 23.2 Å². The van der Waals surface area contributed by atoms with Gasteiger partial charge >= 0.3 is 0 Å². The maximum atomic E-state index is 11.8. The number of halogens is 2. The molecule has 2 aromatic carbocycles. The van der Waals surface area contributed by atoms with Gasteiger partial charge in [0.15, 0.2) is 0 Å². The number of rotatable bonds is 5. The summed E-state index contributed by atoms with van der Waals surface area (Å²) in [6.45, 7) is 0. The second kappa shape index (κ2) is 7.76. The monoisotopic (exact) mass is 367 g/mol. The maximum absolute atomic E-state index is 11.8. The third-order valence-corrected chi connectivity index (χ3v) is 3.50. The molecule has 0 bridgehead atoms. The number of aromatic hydroxyl groups is 1. The number of amides is 1. The van der Waals surface area contributed by atoms with Gasteiger partial charge in [-0.1, -0.05) is 41.4 Å². The summed E-state index contributed by atoms with van der Waals surface area (Å²) in [4.78, 5) is 22.2. The first-order valence-electron chi connectivity index (χ1n) is 6.60. The smallest absolute Gasteiger partial charge is 0.273 e. The average Bonchev–Trinajstić information content (AvgIpc) is 2.52. The van der Waals surface area contributed by atoms with E-state index in [0.29, 0.717) is 5.02 Å². The van der Waals surface area contributed by atoms with Gasteiger partial charge in [-0.05, 0) is 12.1 Å². The van der Waals surface area contributed by atoms with Crippen molar-refractivity contribution in [3.8, 4) is 5.75 Å². The molecule has 2 aromatic rings. The van der Waals surface area contributed by atoms with Gasteiger partial charge < -0.3 is 5.11 Å². The van der Waals surface area contributed by atoms with Gasteiger partial charge in [-0.25, -0.2) is 5.43 Å². The van der Waals surface area contributed by atoms with Gasteiger partial charge in [0.05, 0.1) is 22.6 Å². The van der Waals surface area contributed by atoms with Crippen molar-refractivity contribution in [3.05, 3.63) is 67.7 Å². The Kier molecular flexibility index (Phi) is 5.73. The molecule has 0 fully saturated rings. The molecule has 0 heterocycles. The lowest BCUT2D eigenvalue weighted by atomic mass is 10.1. The van der Waals surface area contributed by atoms with Crippen LogP contribution in [-0.2, 0) is 11.2 Å². The fourth-order valence-corrected chi connectivity index (χ4v) is 2.42. The van der Waals surface area contributed by atoms with Crippen LogP contribution in [0.4, 0.5) is 5.69 Å². The number of nitro groups is 1. The number of hydrogen-bond acceptors (Lipinski definition) is 5. The van der Waals surface area contributed by atoms with Crippen molar-refractivity contribution in [1.29, 1.82) is 0 Å². The molecule has 7 nitrogen and oxygen atoms in total. The van der Waals surface area contributed by atoms with Crippen LogP contribution in [0.25, 0.3) is 0 Å². The number of nitrogens with one attached hydrogen (secondary N) is 1. The highest BCUT2D eigenvalue weighted by Gasteiger charge is 2.15. The van der Waals surface area contributed by atoms with E-state index in [1.165, 1.54) is 36.5 Å². The van der Waals surface area contributed by atoms with Gasteiger partial charge in [0, 0.05) is 22.2 Å². The minimum Gasteiger partial charge on any atom is -0.506 e. The Labute approximate surface area is 146 Å². The number of phenolic OH excluding ortho intramolecular Hbond substituents is 1. The topological polar surface area (TPSA) is 105 Å². The average molecular weight is 368 g/mol. The fourth-order valence-electron chi connectivity index (χ4n) is 1.91. The van der Waals surface area contributed by atoms with Crippen LogP contribution in [0, 0.1) is 10.1 Å². The van der Waals surface area contributed by atoms with Gasteiger partial charge in [0.25, 0.3) is 5.69 Å². The predicted octanol–water partition coefficient (Wildman–Crippen LogP) is 3.30. The fraction of sp³-hybridized carbons (Fsp3) is 0.0667. The largest absolute Gasteiger partial charge is 0.506 e. The normalized spacial score (nSPS) is 10.8. The highest BCUT2D eigenvalue weighted by molar-refractivity contribution is 6.36. The minimum absolute atomic E-state index is 0.0511. The second-order valence-electron chi connectivity index (χ2n) is 4.68. The standard InChI is InChI=1S/C15H11Cl2N3O4/c16-11-5-10(15(22)12(17)7-11)8-18-19-14(21)6-9-3-1-2-4-13(9)20(23)24/h1-5,7-8,22H,6H2,(H,19,21)/b18-8+. The molecule has 9 heteroatoms. The molecule has 0 unspecified atom stereocenters. The summed E-state index contributed by atoms with van der Waals surface area (Å²) in [6, 6.07) is 8.71. The number of benzene rings is 2. The lowest BCUT2D eigenvalue weighted by Gasteiger charge is -2.03. The molecule has 0 aliphatic rings. The van der Waals surface area contributed by atoms with Crippen molar-refractivity contribution in [2.24, 2.45) is 5.10 Å². The number of carbonyl (C=O) groups excluding carboxylic acids is 1. The highest BCUT2D eigenvalue weighted by atomic mass is 35.5. The Morgan fingerprint density at radius 3 is 2.75 bits per heavy atom. The van der Waals surface area contributed by atoms with Gasteiger partial charge in [0.1, 0.15) is 5.75 Å². The van der Waals surface area contributed by atoms with E-state index in [4.69, 9.17) is 23.2 Å². The molecule has 0 radical (unpaired) electrons. The van der Waals surface area contributed by atoms with Crippen LogP contribution in [-0.4, -0.2) is 22.2 Å². The van der Waals surface area contributed by atoms with Crippen molar-refractivity contribution >= 4 is 41.0 Å². The van der Waals surface area contributed by atoms with Crippen LogP contribution in [0.15, 0.2) is 41.5 Å². The number of carbonyl (C=O) groups is 1. The van der Waals surface area contributed by atoms with Crippen LogP contribution in [0.3, 0.4) is 0 Å². The van der Waals surface area contributed by atoms with E-state index in [1.54, 1.807) is 6.07 Å². The van der Waals surface area contributed by atoms with Gasteiger partial charge in [-0.15, -0.1) is 0 Å². The first-order valence-corrected chi connectivity index (χ1v) is 7.36. The van der Waals surface area contributed by atoms with Crippen molar-refractivity contribution in [2.45, 2.75) is 6.42 Å². The molecule has 0 aliphatic heterocycles. The number of nitrogens with zero attached hydrogens (tertiary/aromatic N) is 2. The Morgan fingerprint density at radius 1 is 1.33 bits per heavy atom. The number of nitro benzene ring substituents is 1. The summed E-state index contributed by atoms with van der Waals surface area (Å²) in [5, 5.41) is 24.7. The molecule has 2 rings (SSSR count). The molecule has 1 amide bonds. The Morgan fingerprint density at radius 2 is 2.04 bits per heavy atom. The molecule has 0 aliphatic carbocycles. The Hall–Kier alpha value is -2.64. The van der Waals surface area contributed by atoms with Crippen molar-refractivity contribution in [2.75, 3.05) is 0 Å². The Balaban J connectivity index is 2.06. The molecule has 0 aromatic heterocycles. The number of hydrogen-bond donors (Lipinski definition) is 2. The molecule has 2 N–H and O–H groups in total. The lowest BCUT2D eigenvalue weighted by Crippen LogP contribution is -2.20. The number of hydrazone groups is 1. The first kappa shape index (κ1) is 17.7. The third kappa shape index (κ3) is 4.43. The first-order chi connectivity index (χ1) is 11.4. The van der Waals surface area contributed by atoms with Crippen molar-refractivity contribution in [3.63, 3.8) is 0 Å². The van der Waals surface area contributed by atoms with E-state index in [-0.39, 0.29) is 34.0 Å². The third-order valence-electron chi connectivity index (χ3n) is 2.99. The number of phenols is 1. The van der Waals surface area contributed by atoms with Crippen LogP contribution < -0.4 is 5.43 Å². The molecular formula is C15H11Cl2N3O4. The zero-order valence-electron chi connectivity index (χ0n) is 12.1. The van der Waals surface area contributed by atoms with Crippen molar-refractivity contribution < 1.29 is 14.8 Å². The lowest BCUT2D eigenvalue weighted by molar-refractivity contribution is -0.385. The molecule has 0 saturated carbocycles. The van der Waals surface area contributed by atoms with Gasteiger partial charge in [-0.2, -0.15) is 5.10 Å². The SMILES string of the molecule is O=C(Cc1ccccc1[N+](=O)[O-])N/N=C/c1cc(Cl)cc(Cl)c1O. The highest BCUT2D eigenvalue weighted by Crippen LogP contribution is 2.29. The van der Waals surface area contributed by atoms with Gasteiger partial charge in [-0.3, -0.25) is 14.9 Å². The summed E-state index contributed by atoms with van der Waals surface area (Å²) >= 11 is 11.6. The van der Waals surface area contributed by atoms with E-state index in [0.717, 1.165) is 0 Å². The van der Waals surface area contributed by atoms with E-state index in [2.05, 4.69) is 10.5 Å². The summed E-state index contributed by atoms with van der Waals surface area (Å²) < 4.78 is 0. The summed E-state index contributed by atoms with van der Waals surface area (Å²) in [7, 11) is 0. The summed E-state index contributed by atoms with van der Waals surface area (Å²) in [5.41, 5.74) is 2.57. The summed E-state index contributed by atoms with van der Waals surface area (Å²) in [6.07, 6.45) is 0.960. The van der Waals surface area contributed by atoms with Gasteiger partial charge in [0.2, 0.25) is 5.91 Å². The zero-order valence-corrected chi connectivity index (χ0v) is 13.6. The molecule has 0 spiro atoms. The van der Waals surface area contributed by atoms with Crippen LogP contribution in [0.5, 0.6) is 5.75 Å². The van der Waals surface area contributed by atoms with E-state index in [9.17, 15) is 20.0 Å². The van der Waals surface area contributed by atoms with Crippen LogP contribution in [0.2, 0.25) is 10.0 Å². The maximum Gasteiger partial charge on any atom is 0.273 e. The summed E-state index contributed by atoms with van der Waals surface area (Å²) in [5.74, 6) is -0.772. The van der Waals surface area contributed by atoms with Crippen LogP contribution in [0.1, 0.15) is 11.1 Å². The number of para-hydroxylation sites is 1. The molecule has 0 saturated heterocycles. The molecule has 124 valence electrons.